The lowest BCUT2D eigenvalue weighted by Crippen LogP contribution is -2.21. The maximum atomic E-state index is 11.8. The Morgan fingerprint density at radius 3 is 2.75 bits per heavy atom. The molecule has 0 aliphatic carbocycles. The third-order valence-electron chi connectivity index (χ3n) is 2.63. The van der Waals surface area contributed by atoms with Gasteiger partial charge in [-0.15, -0.1) is 0 Å². The van der Waals surface area contributed by atoms with Gasteiger partial charge in [0.15, 0.2) is 0 Å². The first-order valence-electron chi connectivity index (χ1n) is 6.29. The molecule has 0 saturated carbocycles. The molecule has 0 radical (unpaired) electrons. The highest BCUT2D eigenvalue weighted by atomic mass is 19.3. The summed E-state index contributed by atoms with van der Waals surface area (Å²) in [5.41, 5.74) is 2.55. The predicted octanol–water partition coefficient (Wildman–Crippen LogP) is 1.84. The summed E-state index contributed by atoms with van der Waals surface area (Å²) in [6.07, 6.45) is -2.42. The third-order valence-corrected chi connectivity index (χ3v) is 2.63. The first-order valence-corrected chi connectivity index (χ1v) is 6.29. The molecule has 5 nitrogen and oxygen atoms in total. The van der Waals surface area contributed by atoms with E-state index >= 15 is 0 Å². The van der Waals surface area contributed by atoms with Gasteiger partial charge in [-0.2, -0.15) is 15.4 Å². The van der Waals surface area contributed by atoms with Crippen molar-refractivity contribution in [1.82, 2.24) is 20.7 Å². The molecule has 20 heavy (non-hydrogen) atoms. The highest BCUT2D eigenvalue weighted by Crippen LogP contribution is 2.18. The minimum Gasteiger partial charge on any atom is -0.374 e. The van der Waals surface area contributed by atoms with E-state index in [4.69, 9.17) is 4.74 Å². The number of H-pyrrole nitrogens is 1. The Hall–Kier alpha value is -1.86. The van der Waals surface area contributed by atoms with Crippen LogP contribution in [0, 0.1) is 0 Å². The lowest BCUT2D eigenvalue weighted by atomic mass is 10.1. The summed E-state index contributed by atoms with van der Waals surface area (Å²) in [6, 6.07) is 9.70. The number of rotatable bonds is 8. The van der Waals surface area contributed by atoms with E-state index in [0.717, 1.165) is 17.0 Å². The summed E-state index contributed by atoms with van der Waals surface area (Å²) in [4.78, 5) is 0. The summed E-state index contributed by atoms with van der Waals surface area (Å²) < 4.78 is 28.5. The molecule has 0 aliphatic heterocycles. The molecule has 0 aliphatic rings. The lowest BCUT2D eigenvalue weighted by Gasteiger charge is -2.05. The third kappa shape index (κ3) is 4.36. The topological polar surface area (TPSA) is 62.8 Å². The molecule has 2 aromatic rings. The summed E-state index contributed by atoms with van der Waals surface area (Å²) in [5, 5.41) is 13.9. The molecule has 1 heterocycles. The second-order valence-corrected chi connectivity index (χ2v) is 4.13. The molecular weight excluding hydrogens is 266 g/mol. The molecule has 2 rings (SSSR count). The van der Waals surface area contributed by atoms with E-state index < -0.39 is 13.0 Å². The van der Waals surface area contributed by atoms with E-state index in [1.807, 2.05) is 30.3 Å². The molecule has 7 heteroatoms. The number of ether oxygens (including phenoxy) is 1. The van der Waals surface area contributed by atoms with Crippen molar-refractivity contribution < 1.29 is 13.5 Å². The average Bonchev–Trinajstić information content (AvgIpc) is 2.92. The van der Waals surface area contributed by atoms with Crippen LogP contribution in [0.25, 0.3) is 11.3 Å². The van der Waals surface area contributed by atoms with Gasteiger partial charge in [0, 0.05) is 18.7 Å². The molecule has 1 aromatic heterocycles. The zero-order valence-electron chi connectivity index (χ0n) is 10.9. The van der Waals surface area contributed by atoms with Crippen molar-refractivity contribution in [1.29, 1.82) is 0 Å². The van der Waals surface area contributed by atoms with Crippen LogP contribution in [-0.4, -0.2) is 41.6 Å². The van der Waals surface area contributed by atoms with Gasteiger partial charge >= 0.3 is 0 Å². The van der Waals surface area contributed by atoms with E-state index in [2.05, 4.69) is 20.7 Å². The molecule has 0 spiro atoms. The standard InChI is InChI=1S/C13H16F2N4O/c14-12(15)9-20-7-6-16-8-11-13(18-19-17-11)10-4-2-1-3-5-10/h1-5,12,16H,6-9H2,(H,17,18,19). The number of aromatic nitrogens is 3. The summed E-state index contributed by atoms with van der Waals surface area (Å²) in [6.45, 7) is 0.691. The van der Waals surface area contributed by atoms with Crippen LogP contribution in [0.3, 0.4) is 0 Å². The van der Waals surface area contributed by atoms with Crippen molar-refractivity contribution in [3.8, 4) is 11.3 Å². The van der Waals surface area contributed by atoms with Gasteiger partial charge in [0.05, 0.1) is 6.61 Å². The molecule has 1 aromatic carbocycles. The molecule has 0 unspecified atom stereocenters. The lowest BCUT2D eigenvalue weighted by molar-refractivity contribution is 0.0187. The Kier molecular flexibility index (Phi) is 5.57. The van der Waals surface area contributed by atoms with Crippen LogP contribution in [0.2, 0.25) is 0 Å². The number of nitrogens with zero attached hydrogens (tertiary/aromatic N) is 2. The first-order chi connectivity index (χ1) is 9.77. The largest absolute Gasteiger partial charge is 0.374 e. The fourth-order valence-corrected chi connectivity index (χ4v) is 1.73. The van der Waals surface area contributed by atoms with Crippen molar-refractivity contribution in [3.05, 3.63) is 36.0 Å². The minimum atomic E-state index is -2.42. The number of hydrogen-bond acceptors (Lipinski definition) is 4. The number of halogens is 2. The molecule has 0 atom stereocenters. The highest BCUT2D eigenvalue weighted by molar-refractivity contribution is 5.60. The van der Waals surface area contributed by atoms with Gasteiger partial charge < -0.3 is 10.1 Å². The van der Waals surface area contributed by atoms with Gasteiger partial charge in [0.2, 0.25) is 0 Å². The fourth-order valence-electron chi connectivity index (χ4n) is 1.73. The fraction of sp³-hybridized carbons (Fsp3) is 0.385. The van der Waals surface area contributed by atoms with E-state index in [0.29, 0.717) is 13.1 Å². The molecule has 0 fully saturated rings. The Labute approximate surface area is 115 Å². The van der Waals surface area contributed by atoms with Crippen molar-refractivity contribution in [2.45, 2.75) is 13.0 Å². The van der Waals surface area contributed by atoms with Crippen LogP contribution < -0.4 is 5.32 Å². The average molecular weight is 282 g/mol. The van der Waals surface area contributed by atoms with Crippen LogP contribution in [0.15, 0.2) is 30.3 Å². The number of aromatic amines is 1. The van der Waals surface area contributed by atoms with E-state index in [1.165, 1.54) is 0 Å². The molecule has 108 valence electrons. The smallest absolute Gasteiger partial charge is 0.261 e. The maximum absolute atomic E-state index is 11.8. The Bertz CT molecular complexity index is 504. The Morgan fingerprint density at radius 1 is 1.20 bits per heavy atom. The highest BCUT2D eigenvalue weighted by Gasteiger charge is 2.09. The number of benzene rings is 1. The zero-order chi connectivity index (χ0) is 14.2. The van der Waals surface area contributed by atoms with E-state index in [9.17, 15) is 8.78 Å². The van der Waals surface area contributed by atoms with Gasteiger partial charge in [-0.3, -0.25) is 0 Å². The monoisotopic (exact) mass is 282 g/mol. The van der Waals surface area contributed by atoms with Crippen molar-refractivity contribution in [2.75, 3.05) is 19.8 Å². The van der Waals surface area contributed by atoms with Crippen molar-refractivity contribution in [3.63, 3.8) is 0 Å². The Morgan fingerprint density at radius 2 is 2.00 bits per heavy atom. The zero-order valence-corrected chi connectivity index (χ0v) is 10.9. The van der Waals surface area contributed by atoms with Crippen LogP contribution in [0.5, 0.6) is 0 Å². The van der Waals surface area contributed by atoms with Gasteiger partial charge in [-0.05, 0) is 0 Å². The van der Waals surface area contributed by atoms with Crippen LogP contribution in [-0.2, 0) is 11.3 Å². The van der Waals surface area contributed by atoms with Crippen molar-refractivity contribution >= 4 is 0 Å². The van der Waals surface area contributed by atoms with Crippen LogP contribution in [0.1, 0.15) is 5.69 Å². The molecule has 2 N–H and O–H groups in total. The maximum Gasteiger partial charge on any atom is 0.261 e. The number of nitrogens with one attached hydrogen (secondary N) is 2. The SMILES string of the molecule is FC(F)COCCNCc1n[nH]nc1-c1ccccc1. The molecule has 0 amide bonds. The number of alkyl halides is 2. The molecule has 0 bridgehead atoms. The summed E-state index contributed by atoms with van der Waals surface area (Å²) in [7, 11) is 0. The quantitative estimate of drug-likeness (QED) is 0.725. The van der Waals surface area contributed by atoms with Crippen LogP contribution >= 0.6 is 0 Å². The van der Waals surface area contributed by atoms with Gasteiger partial charge in [0.25, 0.3) is 6.43 Å². The van der Waals surface area contributed by atoms with E-state index in [-0.39, 0.29) is 6.61 Å². The number of hydrogen-bond donors (Lipinski definition) is 2. The second-order valence-electron chi connectivity index (χ2n) is 4.13. The Balaban J connectivity index is 1.78. The second kappa shape index (κ2) is 7.66. The summed E-state index contributed by atoms with van der Waals surface area (Å²) in [5.74, 6) is 0. The first kappa shape index (κ1) is 14.5. The van der Waals surface area contributed by atoms with Crippen molar-refractivity contribution in [2.24, 2.45) is 0 Å². The molecular formula is C13H16F2N4O. The predicted molar refractivity (Wildman–Crippen MR) is 70.3 cm³/mol. The minimum absolute atomic E-state index is 0.239. The summed E-state index contributed by atoms with van der Waals surface area (Å²) >= 11 is 0. The van der Waals surface area contributed by atoms with Gasteiger partial charge in [-0.1, -0.05) is 30.3 Å². The van der Waals surface area contributed by atoms with Crippen LogP contribution in [0.4, 0.5) is 8.78 Å². The van der Waals surface area contributed by atoms with E-state index in [1.54, 1.807) is 0 Å². The van der Waals surface area contributed by atoms with Gasteiger partial charge in [-0.25, -0.2) is 8.78 Å². The normalized spacial score (nSPS) is 11.2. The van der Waals surface area contributed by atoms with Gasteiger partial charge in [0.1, 0.15) is 18.0 Å². The molecule has 0 saturated heterocycles.